The molecule has 0 amide bonds. The van der Waals surface area contributed by atoms with Crippen molar-refractivity contribution in [2.75, 3.05) is 39.0 Å². The van der Waals surface area contributed by atoms with Crippen molar-refractivity contribution in [3.8, 4) is 22.6 Å². The molecule has 0 spiro atoms. The summed E-state index contributed by atoms with van der Waals surface area (Å²) >= 11 is 0. The third-order valence-electron chi connectivity index (χ3n) is 8.06. The standard InChI is InChI=1S/C29H32F2N6O/c1-35-13-15-36(16-14-35)20-7-9-21(10-8-20)37-17-23(26-28(32)33-18-34-29(26)37)19-5-11-22(12-6-19)38-27-24(30)3-2-4-25(27)31/h2-6,11-12,17-18,20-21H,7-10,13-16H2,1H3,(H2,32,33,34). The van der Waals surface area contributed by atoms with Gasteiger partial charge in [0.05, 0.1) is 5.39 Å². The number of hydrogen-bond donors (Lipinski definition) is 1. The monoisotopic (exact) mass is 518 g/mol. The third-order valence-corrected chi connectivity index (χ3v) is 8.06. The smallest absolute Gasteiger partial charge is 0.198 e. The van der Waals surface area contributed by atoms with Gasteiger partial charge in [0.15, 0.2) is 17.4 Å². The van der Waals surface area contributed by atoms with Crippen LogP contribution in [0.5, 0.6) is 11.5 Å². The molecule has 0 unspecified atom stereocenters. The number of para-hydroxylation sites is 1. The predicted octanol–water partition coefficient (Wildman–Crippen LogP) is 5.48. The van der Waals surface area contributed by atoms with Gasteiger partial charge in [-0.2, -0.15) is 0 Å². The first kappa shape index (κ1) is 24.8. The summed E-state index contributed by atoms with van der Waals surface area (Å²) in [4.78, 5) is 13.9. The molecule has 3 heterocycles. The van der Waals surface area contributed by atoms with Crippen LogP contribution >= 0.6 is 0 Å². The number of nitrogens with two attached hydrogens (primary N) is 1. The molecule has 7 nitrogen and oxygen atoms in total. The molecule has 2 aromatic heterocycles. The molecule has 38 heavy (non-hydrogen) atoms. The summed E-state index contributed by atoms with van der Waals surface area (Å²) in [6, 6.07) is 11.8. The fraction of sp³-hybridized carbons (Fsp3) is 0.379. The Kier molecular flexibility index (Phi) is 6.71. The van der Waals surface area contributed by atoms with E-state index >= 15 is 0 Å². The van der Waals surface area contributed by atoms with Gasteiger partial charge in [-0.3, -0.25) is 4.90 Å². The van der Waals surface area contributed by atoms with E-state index in [1.165, 1.54) is 37.4 Å². The lowest BCUT2D eigenvalue weighted by atomic mass is 9.89. The van der Waals surface area contributed by atoms with Crippen LogP contribution in [0.4, 0.5) is 14.6 Å². The van der Waals surface area contributed by atoms with Crippen molar-refractivity contribution in [3.05, 3.63) is 66.6 Å². The van der Waals surface area contributed by atoms with Gasteiger partial charge in [0, 0.05) is 50.0 Å². The van der Waals surface area contributed by atoms with Crippen LogP contribution in [-0.4, -0.2) is 63.6 Å². The third kappa shape index (κ3) is 4.72. The molecule has 0 radical (unpaired) electrons. The van der Waals surface area contributed by atoms with Crippen molar-refractivity contribution in [1.29, 1.82) is 0 Å². The van der Waals surface area contributed by atoms with Crippen LogP contribution < -0.4 is 10.5 Å². The maximum atomic E-state index is 14.0. The van der Waals surface area contributed by atoms with E-state index < -0.39 is 17.4 Å². The summed E-state index contributed by atoms with van der Waals surface area (Å²) in [6.45, 7) is 4.58. The Labute approximate surface area is 220 Å². The molecule has 198 valence electrons. The predicted molar refractivity (Wildman–Crippen MR) is 144 cm³/mol. The number of anilines is 1. The van der Waals surface area contributed by atoms with Crippen LogP contribution in [0.15, 0.2) is 55.0 Å². The van der Waals surface area contributed by atoms with E-state index in [1.807, 2.05) is 12.1 Å². The van der Waals surface area contributed by atoms with E-state index in [9.17, 15) is 8.78 Å². The first-order valence-corrected chi connectivity index (χ1v) is 13.2. The Bertz CT molecular complexity index is 1400. The number of nitrogen functional groups attached to an aromatic ring is 1. The Morgan fingerprint density at radius 3 is 2.21 bits per heavy atom. The quantitative estimate of drug-likeness (QED) is 0.377. The molecule has 4 aromatic rings. The average Bonchev–Trinajstić information content (AvgIpc) is 3.33. The number of aromatic nitrogens is 3. The van der Waals surface area contributed by atoms with Gasteiger partial charge in [-0.25, -0.2) is 18.7 Å². The summed E-state index contributed by atoms with van der Waals surface area (Å²) in [5, 5.41) is 0.822. The molecule has 2 aliphatic rings. The molecular formula is C29H32F2N6O. The number of likely N-dealkylation sites (N-methyl/N-ethyl adjacent to an activating group) is 1. The zero-order chi connectivity index (χ0) is 26.2. The van der Waals surface area contributed by atoms with E-state index in [2.05, 4.69) is 37.6 Å². The van der Waals surface area contributed by atoms with Gasteiger partial charge >= 0.3 is 0 Å². The summed E-state index contributed by atoms with van der Waals surface area (Å²) in [5.74, 6) is -1.13. The zero-order valence-corrected chi connectivity index (χ0v) is 21.5. The number of fused-ring (bicyclic) bond motifs is 1. The molecule has 6 rings (SSSR count). The molecule has 0 atom stereocenters. The number of hydrogen-bond acceptors (Lipinski definition) is 6. The van der Waals surface area contributed by atoms with Gasteiger partial charge in [-0.05, 0) is 62.6 Å². The van der Waals surface area contributed by atoms with E-state index in [4.69, 9.17) is 10.5 Å². The van der Waals surface area contributed by atoms with E-state index in [0.717, 1.165) is 61.2 Å². The second-order valence-electron chi connectivity index (χ2n) is 10.4. The van der Waals surface area contributed by atoms with Gasteiger partial charge in [0.25, 0.3) is 0 Å². The lowest BCUT2D eigenvalue weighted by Crippen LogP contribution is -2.49. The maximum Gasteiger partial charge on any atom is 0.198 e. The van der Waals surface area contributed by atoms with Crippen molar-refractivity contribution in [2.45, 2.75) is 37.8 Å². The van der Waals surface area contributed by atoms with Crippen molar-refractivity contribution in [2.24, 2.45) is 0 Å². The number of rotatable bonds is 5. The topological polar surface area (TPSA) is 72.4 Å². The van der Waals surface area contributed by atoms with Crippen molar-refractivity contribution in [3.63, 3.8) is 0 Å². The highest BCUT2D eigenvalue weighted by atomic mass is 19.1. The first-order chi connectivity index (χ1) is 18.5. The molecule has 1 aliphatic heterocycles. The SMILES string of the molecule is CN1CCN(C2CCC(n3cc(-c4ccc(Oc5c(F)cccc5F)cc4)c4c(N)ncnc43)CC2)CC1. The molecule has 9 heteroatoms. The van der Waals surface area contributed by atoms with Crippen LogP contribution in [0.25, 0.3) is 22.2 Å². The minimum atomic E-state index is -0.746. The molecular weight excluding hydrogens is 486 g/mol. The molecule has 0 bridgehead atoms. The van der Waals surface area contributed by atoms with Gasteiger partial charge in [0.1, 0.15) is 23.5 Å². The molecule has 2 fully saturated rings. The number of benzene rings is 2. The van der Waals surface area contributed by atoms with Crippen molar-refractivity contribution >= 4 is 16.9 Å². The van der Waals surface area contributed by atoms with Crippen LogP contribution in [0.2, 0.25) is 0 Å². The number of halogens is 2. The van der Waals surface area contributed by atoms with Gasteiger partial charge < -0.3 is 19.9 Å². The summed E-state index contributed by atoms with van der Waals surface area (Å²) in [6.07, 6.45) is 8.16. The first-order valence-electron chi connectivity index (χ1n) is 13.2. The molecule has 1 saturated carbocycles. The Hall–Kier alpha value is -3.56. The van der Waals surface area contributed by atoms with E-state index in [1.54, 1.807) is 12.1 Å². The maximum absolute atomic E-state index is 14.0. The molecule has 2 N–H and O–H groups in total. The molecule has 1 saturated heterocycles. The lowest BCUT2D eigenvalue weighted by molar-refractivity contribution is 0.0828. The average molecular weight is 519 g/mol. The summed E-state index contributed by atoms with van der Waals surface area (Å²) in [7, 11) is 2.19. The Morgan fingerprint density at radius 1 is 0.868 bits per heavy atom. The van der Waals surface area contributed by atoms with Crippen molar-refractivity contribution < 1.29 is 13.5 Å². The fourth-order valence-corrected chi connectivity index (χ4v) is 5.89. The van der Waals surface area contributed by atoms with Gasteiger partial charge in [0.2, 0.25) is 0 Å². The summed E-state index contributed by atoms with van der Waals surface area (Å²) in [5.41, 5.74) is 9.03. The minimum Gasteiger partial charge on any atom is -0.451 e. The summed E-state index contributed by atoms with van der Waals surface area (Å²) < 4.78 is 35.8. The number of nitrogens with zero attached hydrogens (tertiary/aromatic N) is 5. The highest BCUT2D eigenvalue weighted by Crippen LogP contribution is 2.39. The fourth-order valence-electron chi connectivity index (χ4n) is 5.89. The number of piperazine rings is 1. The Morgan fingerprint density at radius 2 is 1.53 bits per heavy atom. The van der Waals surface area contributed by atoms with E-state index in [0.29, 0.717) is 23.7 Å². The van der Waals surface area contributed by atoms with Crippen LogP contribution in [0.3, 0.4) is 0 Å². The zero-order valence-electron chi connectivity index (χ0n) is 21.5. The molecule has 1 aliphatic carbocycles. The highest BCUT2D eigenvalue weighted by molar-refractivity contribution is 6.00. The molecule has 2 aromatic carbocycles. The normalized spacial score (nSPS) is 21.1. The van der Waals surface area contributed by atoms with Crippen molar-refractivity contribution in [1.82, 2.24) is 24.3 Å². The minimum absolute atomic E-state index is 0.341. The van der Waals surface area contributed by atoms with Crippen LogP contribution in [0, 0.1) is 11.6 Å². The van der Waals surface area contributed by atoms with Crippen LogP contribution in [-0.2, 0) is 0 Å². The van der Waals surface area contributed by atoms with Gasteiger partial charge in [-0.15, -0.1) is 0 Å². The Balaban J connectivity index is 1.24. The number of ether oxygens (including phenoxy) is 1. The van der Waals surface area contributed by atoms with Crippen LogP contribution in [0.1, 0.15) is 31.7 Å². The van der Waals surface area contributed by atoms with Gasteiger partial charge in [-0.1, -0.05) is 18.2 Å². The highest BCUT2D eigenvalue weighted by Gasteiger charge is 2.30. The largest absolute Gasteiger partial charge is 0.451 e. The second kappa shape index (κ2) is 10.3. The lowest BCUT2D eigenvalue weighted by Gasteiger charge is -2.41. The van der Waals surface area contributed by atoms with E-state index in [-0.39, 0.29) is 0 Å². The second-order valence-corrected chi connectivity index (χ2v) is 10.4.